The van der Waals surface area contributed by atoms with E-state index in [2.05, 4.69) is 32.4 Å². The number of hydrogen-bond donors (Lipinski definition) is 4. The van der Waals surface area contributed by atoms with Gasteiger partial charge in [0.15, 0.2) is 0 Å². The van der Waals surface area contributed by atoms with Crippen molar-refractivity contribution in [1.29, 1.82) is 0 Å². The topological polar surface area (TPSA) is 175 Å². The third-order valence-electron chi connectivity index (χ3n) is 11.7. The Hall–Kier alpha value is -5.58. The number of likely N-dealkylation sites (tertiary alicyclic amines) is 2. The fraction of sp³-hybridized carbons (Fsp3) is 0.545. The zero-order chi connectivity index (χ0) is 41.0. The van der Waals surface area contributed by atoms with E-state index in [4.69, 9.17) is 19.4 Å². The van der Waals surface area contributed by atoms with Crippen LogP contribution in [0.4, 0.5) is 9.59 Å². The van der Waals surface area contributed by atoms with Gasteiger partial charge in [-0.05, 0) is 142 Å². The molecule has 4 heterocycles. The number of fused-ring (bicyclic) bond motifs is 2. The fourth-order valence-electron chi connectivity index (χ4n) is 8.65. The van der Waals surface area contributed by atoms with Crippen LogP contribution < -0.4 is 10.6 Å². The van der Waals surface area contributed by atoms with Gasteiger partial charge in [-0.15, -0.1) is 0 Å². The average Bonchev–Trinajstić information content (AvgIpc) is 3.93. The van der Waals surface area contributed by atoms with Crippen molar-refractivity contribution in [3.05, 3.63) is 59.2 Å². The maximum Gasteiger partial charge on any atom is 0.408 e. The first-order valence-corrected chi connectivity index (χ1v) is 20.7. The summed E-state index contributed by atoms with van der Waals surface area (Å²) in [5.74, 6) is 7.85. The standard InChI is InChI=1S/C44H54N8O6/c1-41(2,3)57-39(55)49-43(19-9-20-43)37(53)51-23-7-11-33(51)35-45-29-17-15-27(25-31(29)47-35)13-14-28-16-18-30-32(26-28)48-36(46-30)34-12-8-24-52(34)38(54)44(21-10-22-44)50-40(56)58-42(4,5)6/h15-18,25-26,33-34H,7-12,19-24H2,1-6H3,(H,45,47)(H,46,48)(H,49,55)(H,50,56)/t33-,34?/m0/s1. The van der Waals surface area contributed by atoms with Crippen LogP contribution in [0.25, 0.3) is 22.1 Å². The molecule has 0 spiro atoms. The molecular weight excluding hydrogens is 737 g/mol. The molecule has 4 aromatic rings. The molecule has 4 aliphatic rings. The molecule has 2 aromatic heterocycles. The lowest BCUT2D eigenvalue weighted by atomic mass is 9.75. The summed E-state index contributed by atoms with van der Waals surface area (Å²) < 4.78 is 11.0. The molecule has 2 aliphatic heterocycles. The van der Waals surface area contributed by atoms with Crippen molar-refractivity contribution in [2.45, 2.75) is 140 Å². The van der Waals surface area contributed by atoms with Crippen molar-refractivity contribution in [2.75, 3.05) is 13.1 Å². The highest BCUT2D eigenvalue weighted by Gasteiger charge is 2.52. The zero-order valence-corrected chi connectivity index (χ0v) is 34.3. The van der Waals surface area contributed by atoms with Crippen molar-refractivity contribution >= 4 is 46.1 Å². The molecule has 4 fully saturated rings. The summed E-state index contributed by atoms with van der Waals surface area (Å²) in [6, 6.07) is 11.3. The molecule has 4 N–H and O–H groups in total. The summed E-state index contributed by atoms with van der Waals surface area (Å²) in [7, 11) is 0. The van der Waals surface area contributed by atoms with Crippen LogP contribution in [-0.2, 0) is 19.1 Å². The second kappa shape index (κ2) is 14.7. The lowest BCUT2D eigenvalue weighted by Crippen LogP contribution is -2.63. The number of hydrogen-bond acceptors (Lipinski definition) is 8. The molecule has 2 atom stereocenters. The van der Waals surface area contributed by atoms with Crippen LogP contribution in [0, 0.1) is 11.8 Å². The number of ether oxygens (including phenoxy) is 2. The van der Waals surface area contributed by atoms with Crippen LogP contribution in [0.3, 0.4) is 0 Å². The SMILES string of the molecule is CC(C)(C)OC(=O)NC1(C(=O)N2CCCC2c2nc3cc(C#Cc4ccc5[nH]c([C@@H]6CCCN6C(=O)C6(NC(=O)OC(C)(C)C)CCC6)nc5c4)ccc3[nH]2)CCC1. The van der Waals surface area contributed by atoms with E-state index in [-0.39, 0.29) is 23.9 Å². The predicted octanol–water partition coefficient (Wildman–Crippen LogP) is 7.06. The van der Waals surface area contributed by atoms with E-state index in [0.717, 1.165) is 83.4 Å². The van der Waals surface area contributed by atoms with Gasteiger partial charge in [-0.25, -0.2) is 19.6 Å². The quantitative estimate of drug-likeness (QED) is 0.150. The number of amides is 4. The largest absolute Gasteiger partial charge is 0.444 e. The lowest BCUT2D eigenvalue weighted by Gasteiger charge is -2.44. The van der Waals surface area contributed by atoms with E-state index in [9.17, 15) is 19.2 Å². The minimum atomic E-state index is -0.947. The number of aromatic nitrogens is 4. The summed E-state index contributed by atoms with van der Waals surface area (Å²) in [6.45, 7) is 12.1. The Morgan fingerprint density at radius 1 is 0.655 bits per heavy atom. The number of rotatable bonds is 6. The van der Waals surface area contributed by atoms with Gasteiger partial charge in [-0.1, -0.05) is 11.8 Å². The number of nitrogens with one attached hydrogen (secondary N) is 4. The molecule has 14 nitrogen and oxygen atoms in total. The molecule has 0 bridgehead atoms. The maximum atomic E-state index is 14.0. The van der Waals surface area contributed by atoms with E-state index in [0.29, 0.717) is 38.8 Å². The van der Waals surface area contributed by atoms with E-state index >= 15 is 0 Å². The van der Waals surface area contributed by atoms with Gasteiger partial charge < -0.3 is 39.9 Å². The number of nitrogens with zero attached hydrogens (tertiary/aromatic N) is 4. The Bertz CT molecular complexity index is 2170. The van der Waals surface area contributed by atoms with Gasteiger partial charge in [0.25, 0.3) is 0 Å². The van der Waals surface area contributed by atoms with Crippen LogP contribution >= 0.6 is 0 Å². The van der Waals surface area contributed by atoms with Crippen molar-refractivity contribution in [3.8, 4) is 11.8 Å². The van der Waals surface area contributed by atoms with Gasteiger partial charge in [-0.2, -0.15) is 0 Å². The summed E-state index contributed by atoms with van der Waals surface area (Å²) in [5, 5.41) is 5.82. The normalized spacial score (nSPS) is 21.1. The molecule has 2 saturated carbocycles. The minimum absolute atomic E-state index is 0.0798. The zero-order valence-electron chi connectivity index (χ0n) is 34.3. The van der Waals surface area contributed by atoms with Crippen LogP contribution in [0.2, 0.25) is 0 Å². The van der Waals surface area contributed by atoms with Gasteiger partial charge in [-0.3, -0.25) is 9.59 Å². The van der Waals surface area contributed by atoms with Crippen molar-refractivity contribution < 1.29 is 28.7 Å². The molecule has 58 heavy (non-hydrogen) atoms. The predicted molar refractivity (Wildman–Crippen MR) is 217 cm³/mol. The van der Waals surface area contributed by atoms with Gasteiger partial charge in [0.05, 0.1) is 34.2 Å². The van der Waals surface area contributed by atoms with Crippen LogP contribution in [0.15, 0.2) is 36.4 Å². The number of carbonyl (C=O) groups excluding carboxylic acids is 4. The number of carbonyl (C=O) groups is 4. The molecule has 8 rings (SSSR count). The molecule has 2 aliphatic carbocycles. The number of benzene rings is 2. The van der Waals surface area contributed by atoms with E-state index in [1.54, 1.807) is 0 Å². The second-order valence-corrected chi connectivity index (χ2v) is 18.4. The third kappa shape index (κ3) is 7.83. The summed E-state index contributed by atoms with van der Waals surface area (Å²) in [6.07, 6.45) is 6.18. The molecule has 2 saturated heterocycles. The number of aromatic amines is 2. The molecule has 14 heteroatoms. The average molecular weight is 791 g/mol. The Balaban J connectivity index is 0.953. The second-order valence-electron chi connectivity index (χ2n) is 18.4. The van der Waals surface area contributed by atoms with Crippen LogP contribution in [0.5, 0.6) is 0 Å². The Morgan fingerprint density at radius 3 is 1.40 bits per heavy atom. The van der Waals surface area contributed by atoms with Gasteiger partial charge in [0.1, 0.15) is 33.9 Å². The van der Waals surface area contributed by atoms with Gasteiger partial charge in [0.2, 0.25) is 11.8 Å². The molecule has 2 aromatic carbocycles. The third-order valence-corrected chi connectivity index (χ3v) is 11.7. The van der Waals surface area contributed by atoms with Gasteiger partial charge in [0, 0.05) is 24.2 Å². The first-order valence-electron chi connectivity index (χ1n) is 20.7. The number of imidazole rings is 2. The Labute approximate surface area is 338 Å². The Kier molecular flexibility index (Phi) is 9.92. The number of H-pyrrole nitrogens is 2. The van der Waals surface area contributed by atoms with Crippen molar-refractivity contribution in [3.63, 3.8) is 0 Å². The fourth-order valence-corrected chi connectivity index (χ4v) is 8.65. The summed E-state index contributed by atoms with van der Waals surface area (Å²) in [5.41, 5.74) is 1.64. The highest BCUT2D eigenvalue weighted by molar-refractivity contribution is 5.92. The molecule has 1 unspecified atom stereocenters. The first kappa shape index (κ1) is 39.3. The van der Waals surface area contributed by atoms with E-state index < -0.39 is 34.5 Å². The molecular formula is C44H54N8O6. The van der Waals surface area contributed by atoms with Crippen LogP contribution in [0.1, 0.15) is 141 Å². The van der Waals surface area contributed by atoms with Crippen molar-refractivity contribution in [1.82, 2.24) is 40.4 Å². The summed E-state index contributed by atoms with van der Waals surface area (Å²) >= 11 is 0. The number of alkyl carbamates (subject to hydrolysis) is 2. The van der Waals surface area contributed by atoms with E-state index in [1.165, 1.54) is 0 Å². The molecule has 306 valence electrons. The van der Waals surface area contributed by atoms with Crippen LogP contribution in [-0.4, -0.2) is 89.1 Å². The van der Waals surface area contributed by atoms with E-state index in [1.807, 2.05) is 87.7 Å². The highest BCUT2D eigenvalue weighted by atomic mass is 16.6. The minimum Gasteiger partial charge on any atom is -0.444 e. The molecule has 4 amide bonds. The summed E-state index contributed by atoms with van der Waals surface area (Å²) in [4.78, 5) is 73.9. The first-order chi connectivity index (χ1) is 27.5. The monoisotopic (exact) mass is 790 g/mol. The maximum absolute atomic E-state index is 14.0. The Morgan fingerprint density at radius 2 is 1.05 bits per heavy atom. The molecule has 0 radical (unpaired) electrons. The van der Waals surface area contributed by atoms with Gasteiger partial charge >= 0.3 is 12.2 Å². The highest BCUT2D eigenvalue weighted by Crippen LogP contribution is 2.41. The van der Waals surface area contributed by atoms with Crippen molar-refractivity contribution in [2.24, 2.45) is 0 Å². The lowest BCUT2D eigenvalue weighted by molar-refractivity contribution is -0.143. The smallest absolute Gasteiger partial charge is 0.408 e.